The van der Waals surface area contributed by atoms with Crippen molar-refractivity contribution in [1.29, 1.82) is 0 Å². The number of hydrogen-bond acceptors (Lipinski definition) is 3. The Morgan fingerprint density at radius 1 is 1.14 bits per heavy atom. The molecule has 2 aliphatic rings. The Kier molecular flexibility index (Phi) is 4.27. The van der Waals surface area contributed by atoms with E-state index < -0.39 is 0 Å². The molecule has 0 saturated carbocycles. The highest BCUT2D eigenvalue weighted by Gasteiger charge is 2.29. The summed E-state index contributed by atoms with van der Waals surface area (Å²) in [5.74, 6) is 0.131. The van der Waals surface area contributed by atoms with Crippen LogP contribution >= 0.6 is 0 Å². The van der Waals surface area contributed by atoms with Crippen LogP contribution in [0.3, 0.4) is 0 Å². The molecule has 1 amide bonds. The Bertz CT molecular complexity index is 521. The van der Waals surface area contributed by atoms with E-state index in [-0.39, 0.29) is 18.0 Å². The van der Waals surface area contributed by atoms with Crippen molar-refractivity contribution in [3.63, 3.8) is 0 Å². The van der Waals surface area contributed by atoms with E-state index in [2.05, 4.69) is 13.8 Å². The van der Waals surface area contributed by atoms with Gasteiger partial charge in [0, 0.05) is 30.9 Å². The molecule has 0 bridgehead atoms. The molecule has 1 fully saturated rings. The summed E-state index contributed by atoms with van der Waals surface area (Å²) in [7, 11) is 0. The van der Waals surface area contributed by atoms with Gasteiger partial charge in [-0.2, -0.15) is 0 Å². The lowest BCUT2D eigenvalue weighted by molar-refractivity contribution is 0.0206. The first kappa shape index (κ1) is 14.5. The quantitative estimate of drug-likeness (QED) is 0.859. The SMILES string of the molecule is CC(C)N(C(=O)c1ccc2c(c1)COC2)C1CCOCC1. The third kappa shape index (κ3) is 2.97. The molecule has 4 nitrogen and oxygen atoms in total. The second-order valence-corrected chi connectivity index (χ2v) is 6.13. The molecule has 2 heterocycles. The number of ether oxygens (including phenoxy) is 2. The summed E-state index contributed by atoms with van der Waals surface area (Å²) in [6.07, 6.45) is 1.86. The van der Waals surface area contributed by atoms with E-state index in [4.69, 9.17) is 9.47 Å². The molecule has 0 aliphatic carbocycles. The van der Waals surface area contributed by atoms with Gasteiger partial charge in [-0.05, 0) is 49.9 Å². The molecule has 1 aromatic rings. The summed E-state index contributed by atoms with van der Waals surface area (Å²) >= 11 is 0. The van der Waals surface area contributed by atoms with Crippen molar-refractivity contribution in [2.45, 2.75) is 52.0 Å². The third-order valence-corrected chi connectivity index (χ3v) is 4.34. The van der Waals surface area contributed by atoms with Crippen molar-refractivity contribution in [1.82, 2.24) is 4.90 Å². The van der Waals surface area contributed by atoms with E-state index in [1.54, 1.807) is 0 Å². The van der Waals surface area contributed by atoms with Gasteiger partial charge in [-0.3, -0.25) is 4.79 Å². The van der Waals surface area contributed by atoms with Gasteiger partial charge in [0.25, 0.3) is 5.91 Å². The molecule has 114 valence electrons. The van der Waals surface area contributed by atoms with E-state index in [0.717, 1.165) is 37.2 Å². The molecule has 1 saturated heterocycles. The lowest BCUT2D eigenvalue weighted by atomic mass is 10.0. The molecule has 2 aliphatic heterocycles. The molecular formula is C17H23NO3. The van der Waals surface area contributed by atoms with Gasteiger partial charge < -0.3 is 14.4 Å². The monoisotopic (exact) mass is 289 g/mol. The number of amides is 1. The number of fused-ring (bicyclic) bond motifs is 1. The summed E-state index contributed by atoms with van der Waals surface area (Å²) in [5, 5.41) is 0. The summed E-state index contributed by atoms with van der Waals surface area (Å²) in [4.78, 5) is 15.0. The van der Waals surface area contributed by atoms with Crippen LogP contribution in [0.5, 0.6) is 0 Å². The Morgan fingerprint density at radius 3 is 2.57 bits per heavy atom. The standard InChI is InChI=1S/C17H23NO3/c1-12(2)18(16-5-7-20-8-6-16)17(19)13-3-4-14-10-21-11-15(14)9-13/h3-4,9,12,16H,5-8,10-11H2,1-2H3. The largest absolute Gasteiger partial charge is 0.381 e. The molecule has 0 radical (unpaired) electrons. The van der Waals surface area contributed by atoms with Crippen molar-refractivity contribution >= 4 is 5.91 Å². The van der Waals surface area contributed by atoms with Gasteiger partial charge in [-0.1, -0.05) is 6.07 Å². The Labute approximate surface area is 126 Å². The van der Waals surface area contributed by atoms with Crippen LogP contribution < -0.4 is 0 Å². The second-order valence-electron chi connectivity index (χ2n) is 6.13. The van der Waals surface area contributed by atoms with Crippen LogP contribution in [0.1, 0.15) is 48.2 Å². The highest BCUT2D eigenvalue weighted by Crippen LogP contribution is 2.24. The fourth-order valence-corrected chi connectivity index (χ4v) is 3.24. The zero-order valence-corrected chi connectivity index (χ0v) is 12.8. The molecule has 0 spiro atoms. The molecule has 3 rings (SSSR count). The van der Waals surface area contributed by atoms with Crippen LogP contribution in [0.15, 0.2) is 18.2 Å². The van der Waals surface area contributed by atoms with Crippen LogP contribution in [-0.4, -0.2) is 36.1 Å². The lowest BCUT2D eigenvalue weighted by Crippen LogP contribution is -2.47. The number of carbonyl (C=O) groups excluding carboxylic acids is 1. The Balaban J connectivity index is 1.83. The first-order chi connectivity index (χ1) is 10.2. The number of carbonyl (C=O) groups is 1. The summed E-state index contributed by atoms with van der Waals surface area (Å²) in [5.41, 5.74) is 3.13. The van der Waals surface area contributed by atoms with Gasteiger partial charge in [-0.25, -0.2) is 0 Å². The van der Waals surface area contributed by atoms with Crippen LogP contribution in [-0.2, 0) is 22.7 Å². The van der Waals surface area contributed by atoms with Gasteiger partial charge in [0.05, 0.1) is 13.2 Å². The molecule has 21 heavy (non-hydrogen) atoms. The molecule has 0 N–H and O–H groups in total. The summed E-state index contributed by atoms with van der Waals surface area (Å²) in [6.45, 7) is 6.96. The Hall–Kier alpha value is -1.39. The maximum atomic E-state index is 12.9. The average molecular weight is 289 g/mol. The molecule has 4 heteroatoms. The van der Waals surface area contributed by atoms with E-state index in [9.17, 15) is 4.79 Å². The van der Waals surface area contributed by atoms with Crippen molar-refractivity contribution in [3.8, 4) is 0 Å². The third-order valence-electron chi connectivity index (χ3n) is 4.34. The van der Waals surface area contributed by atoms with Crippen molar-refractivity contribution in [2.24, 2.45) is 0 Å². The molecular weight excluding hydrogens is 266 g/mol. The maximum Gasteiger partial charge on any atom is 0.254 e. The van der Waals surface area contributed by atoms with E-state index >= 15 is 0 Å². The fourth-order valence-electron chi connectivity index (χ4n) is 3.24. The fraction of sp³-hybridized carbons (Fsp3) is 0.588. The zero-order valence-electron chi connectivity index (χ0n) is 12.8. The highest BCUT2D eigenvalue weighted by atomic mass is 16.5. The van der Waals surface area contributed by atoms with Crippen LogP contribution in [0.25, 0.3) is 0 Å². The van der Waals surface area contributed by atoms with E-state index in [1.165, 1.54) is 5.56 Å². The smallest absolute Gasteiger partial charge is 0.254 e. The minimum atomic E-state index is 0.131. The maximum absolute atomic E-state index is 12.9. The normalized spacial score (nSPS) is 18.8. The van der Waals surface area contributed by atoms with Gasteiger partial charge >= 0.3 is 0 Å². The van der Waals surface area contributed by atoms with E-state index in [1.807, 2.05) is 23.1 Å². The van der Waals surface area contributed by atoms with Gasteiger partial charge in [0.15, 0.2) is 0 Å². The van der Waals surface area contributed by atoms with Gasteiger partial charge in [-0.15, -0.1) is 0 Å². The number of rotatable bonds is 3. The lowest BCUT2D eigenvalue weighted by Gasteiger charge is -2.37. The molecule has 0 unspecified atom stereocenters. The van der Waals surface area contributed by atoms with Crippen LogP contribution in [0.4, 0.5) is 0 Å². The van der Waals surface area contributed by atoms with Gasteiger partial charge in [0.2, 0.25) is 0 Å². The Morgan fingerprint density at radius 2 is 1.86 bits per heavy atom. The second kappa shape index (κ2) is 6.16. The summed E-state index contributed by atoms with van der Waals surface area (Å²) < 4.78 is 10.9. The van der Waals surface area contributed by atoms with Crippen LogP contribution in [0.2, 0.25) is 0 Å². The molecule has 0 atom stereocenters. The number of benzene rings is 1. The van der Waals surface area contributed by atoms with Crippen molar-refractivity contribution in [2.75, 3.05) is 13.2 Å². The van der Waals surface area contributed by atoms with E-state index in [0.29, 0.717) is 13.2 Å². The predicted octanol–water partition coefficient (Wildman–Crippen LogP) is 2.75. The topological polar surface area (TPSA) is 38.8 Å². The highest BCUT2D eigenvalue weighted by molar-refractivity contribution is 5.95. The summed E-state index contributed by atoms with van der Waals surface area (Å²) in [6, 6.07) is 6.45. The minimum Gasteiger partial charge on any atom is -0.381 e. The zero-order chi connectivity index (χ0) is 14.8. The van der Waals surface area contributed by atoms with Crippen molar-refractivity contribution in [3.05, 3.63) is 34.9 Å². The number of nitrogens with zero attached hydrogens (tertiary/aromatic N) is 1. The first-order valence-corrected chi connectivity index (χ1v) is 7.77. The molecule has 1 aromatic carbocycles. The number of hydrogen-bond donors (Lipinski definition) is 0. The molecule has 0 aromatic heterocycles. The predicted molar refractivity (Wildman–Crippen MR) is 80.1 cm³/mol. The van der Waals surface area contributed by atoms with Crippen LogP contribution in [0, 0.1) is 0 Å². The van der Waals surface area contributed by atoms with Crippen molar-refractivity contribution < 1.29 is 14.3 Å². The first-order valence-electron chi connectivity index (χ1n) is 7.77. The average Bonchev–Trinajstić information content (AvgIpc) is 2.95. The minimum absolute atomic E-state index is 0.131. The van der Waals surface area contributed by atoms with Gasteiger partial charge in [0.1, 0.15) is 0 Å².